The molecule has 16 heavy (non-hydrogen) atoms. The number of hydrogen-bond acceptors (Lipinski definition) is 1. The predicted octanol–water partition coefficient (Wildman–Crippen LogP) is 3.11. The summed E-state index contributed by atoms with van der Waals surface area (Å²) in [6, 6.07) is -0.182. The lowest BCUT2D eigenvalue weighted by Crippen LogP contribution is -2.42. The van der Waals surface area contributed by atoms with Crippen LogP contribution >= 0.6 is 0 Å². The fraction of sp³-hybridized carbons (Fsp3) is 0.833. The Bertz CT molecular complexity index is 254. The van der Waals surface area contributed by atoms with Gasteiger partial charge in [-0.05, 0) is 25.7 Å². The summed E-state index contributed by atoms with van der Waals surface area (Å²) in [4.78, 5) is 0. The fourth-order valence-electron chi connectivity index (χ4n) is 2.21. The zero-order valence-corrected chi connectivity index (χ0v) is 9.48. The van der Waals surface area contributed by atoms with Gasteiger partial charge in [0.2, 0.25) is 0 Å². The Hall–Kier alpha value is -0.690. The van der Waals surface area contributed by atoms with Gasteiger partial charge in [-0.1, -0.05) is 19.3 Å². The van der Waals surface area contributed by atoms with Crippen LogP contribution in [0, 0.1) is 18.3 Å². The normalized spacial score (nSPS) is 28.4. The van der Waals surface area contributed by atoms with Gasteiger partial charge in [0.05, 0.1) is 12.0 Å². The van der Waals surface area contributed by atoms with Crippen LogP contribution in [0.2, 0.25) is 0 Å². The van der Waals surface area contributed by atoms with Gasteiger partial charge >= 0.3 is 6.18 Å². The first-order chi connectivity index (χ1) is 7.47. The highest BCUT2D eigenvalue weighted by Gasteiger charge is 2.42. The molecule has 0 heterocycles. The highest BCUT2D eigenvalue weighted by molar-refractivity contribution is 4.99. The molecule has 3 unspecified atom stereocenters. The molecular weight excluding hydrogens is 215 g/mol. The van der Waals surface area contributed by atoms with Gasteiger partial charge in [-0.2, -0.15) is 13.2 Å². The summed E-state index contributed by atoms with van der Waals surface area (Å²) in [6.07, 6.45) is 3.83. The molecule has 0 bridgehead atoms. The van der Waals surface area contributed by atoms with Crippen LogP contribution in [0.15, 0.2) is 0 Å². The maximum atomic E-state index is 12.5. The largest absolute Gasteiger partial charge is 0.391 e. The zero-order valence-electron chi connectivity index (χ0n) is 9.48. The van der Waals surface area contributed by atoms with Crippen molar-refractivity contribution in [2.45, 2.75) is 57.3 Å². The van der Waals surface area contributed by atoms with E-state index < -0.39 is 12.1 Å². The molecule has 1 fully saturated rings. The van der Waals surface area contributed by atoms with Crippen molar-refractivity contribution in [1.29, 1.82) is 0 Å². The molecule has 1 saturated carbocycles. The van der Waals surface area contributed by atoms with Crippen molar-refractivity contribution in [2.24, 2.45) is 5.92 Å². The first kappa shape index (κ1) is 13.4. The first-order valence-electron chi connectivity index (χ1n) is 5.76. The van der Waals surface area contributed by atoms with Crippen LogP contribution in [0.4, 0.5) is 13.2 Å². The molecule has 0 aliphatic heterocycles. The topological polar surface area (TPSA) is 12.0 Å². The highest BCUT2D eigenvalue weighted by Crippen LogP contribution is 2.37. The SMILES string of the molecule is C#CC(CC)NC1CCCC(C(F)(F)F)C1. The van der Waals surface area contributed by atoms with Gasteiger partial charge in [0.1, 0.15) is 0 Å². The van der Waals surface area contributed by atoms with Crippen LogP contribution in [0.3, 0.4) is 0 Å². The van der Waals surface area contributed by atoms with Gasteiger partial charge in [0.25, 0.3) is 0 Å². The molecule has 1 nitrogen and oxygen atoms in total. The number of alkyl halides is 3. The van der Waals surface area contributed by atoms with Crippen molar-refractivity contribution < 1.29 is 13.2 Å². The molecule has 0 spiro atoms. The summed E-state index contributed by atoms with van der Waals surface area (Å²) in [7, 11) is 0. The molecule has 0 amide bonds. The average Bonchev–Trinajstić information content (AvgIpc) is 2.25. The van der Waals surface area contributed by atoms with Gasteiger partial charge in [-0.3, -0.25) is 0 Å². The predicted molar refractivity (Wildman–Crippen MR) is 57.8 cm³/mol. The van der Waals surface area contributed by atoms with Crippen molar-refractivity contribution in [2.75, 3.05) is 0 Å². The van der Waals surface area contributed by atoms with Crippen LogP contribution < -0.4 is 5.32 Å². The molecule has 1 rings (SSSR count). The molecule has 1 N–H and O–H groups in total. The van der Waals surface area contributed by atoms with Crippen LogP contribution in [-0.4, -0.2) is 18.3 Å². The fourth-order valence-corrected chi connectivity index (χ4v) is 2.21. The van der Waals surface area contributed by atoms with E-state index in [2.05, 4.69) is 11.2 Å². The summed E-state index contributed by atoms with van der Waals surface area (Å²) < 4.78 is 37.6. The van der Waals surface area contributed by atoms with E-state index in [1.165, 1.54) is 0 Å². The Morgan fingerprint density at radius 1 is 1.44 bits per heavy atom. The average molecular weight is 233 g/mol. The number of nitrogens with one attached hydrogen (secondary N) is 1. The van der Waals surface area contributed by atoms with Crippen molar-refractivity contribution in [3.63, 3.8) is 0 Å². The van der Waals surface area contributed by atoms with E-state index >= 15 is 0 Å². The molecule has 1 aliphatic rings. The maximum absolute atomic E-state index is 12.5. The van der Waals surface area contributed by atoms with Crippen LogP contribution in [0.5, 0.6) is 0 Å². The van der Waals surface area contributed by atoms with Crippen LogP contribution in [-0.2, 0) is 0 Å². The van der Waals surface area contributed by atoms with E-state index in [0.717, 1.165) is 12.8 Å². The van der Waals surface area contributed by atoms with E-state index in [1.54, 1.807) is 0 Å². The van der Waals surface area contributed by atoms with Crippen molar-refractivity contribution in [3.05, 3.63) is 0 Å². The number of rotatable bonds is 3. The summed E-state index contributed by atoms with van der Waals surface area (Å²) in [5, 5.41) is 3.12. The monoisotopic (exact) mass is 233 g/mol. The van der Waals surface area contributed by atoms with Gasteiger partial charge in [0.15, 0.2) is 0 Å². The molecule has 0 aromatic carbocycles. The first-order valence-corrected chi connectivity index (χ1v) is 5.76. The Morgan fingerprint density at radius 2 is 2.12 bits per heavy atom. The second-order valence-corrected chi connectivity index (χ2v) is 4.40. The minimum absolute atomic E-state index is 0.0821. The second kappa shape index (κ2) is 5.58. The van der Waals surface area contributed by atoms with Crippen molar-refractivity contribution in [1.82, 2.24) is 5.32 Å². The number of terminal acetylenes is 1. The Morgan fingerprint density at radius 3 is 2.62 bits per heavy atom. The third-order valence-corrected chi connectivity index (χ3v) is 3.18. The lowest BCUT2D eigenvalue weighted by molar-refractivity contribution is -0.183. The van der Waals surface area contributed by atoms with Crippen LogP contribution in [0.1, 0.15) is 39.0 Å². The van der Waals surface area contributed by atoms with E-state index in [0.29, 0.717) is 6.42 Å². The molecule has 1 aliphatic carbocycles. The molecule has 92 valence electrons. The lowest BCUT2D eigenvalue weighted by Gasteiger charge is -2.32. The third-order valence-electron chi connectivity index (χ3n) is 3.18. The number of hydrogen-bond donors (Lipinski definition) is 1. The Labute approximate surface area is 94.8 Å². The molecule has 0 radical (unpaired) electrons. The van der Waals surface area contributed by atoms with Gasteiger partial charge in [0, 0.05) is 6.04 Å². The molecule has 3 atom stereocenters. The minimum Gasteiger partial charge on any atom is -0.301 e. The number of halogens is 3. The van der Waals surface area contributed by atoms with E-state index in [9.17, 15) is 13.2 Å². The zero-order chi connectivity index (χ0) is 12.2. The highest BCUT2D eigenvalue weighted by atomic mass is 19.4. The quantitative estimate of drug-likeness (QED) is 0.738. The van der Waals surface area contributed by atoms with Gasteiger partial charge in [-0.15, -0.1) is 6.42 Å². The van der Waals surface area contributed by atoms with Crippen molar-refractivity contribution >= 4 is 0 Å². The summed E-state index contributed by atoms with van der Waals surface area (Å²) in [6.45, 7) is 1.93. The molecule has 0 saturated heterocycles. The molecule has 0 aromatic heterocycles. The van der Waals surface area contributed by atoms with E-state index in [-0.39, 0.29) is 24.9 Å². The third kappa shape index (κ3) is 3.71. The summed E-state index contributed by atoms with van der Waals surface area (Å²) in [5.74, 6) is 1.40. The molecular formula is C12H18F3N. The smallest absolute Gasteiger partial charge is 0.301 e. The standard InChI is InChI=1S/C12H18F3N/c1-3-10(4-2)16-11-7-5-6-9(8-11)12(13,14)15/h1,9-11,16H,4-8H2,2H3. The second-order valence-electron chi connectivity index (χ2n) is 4.40. The minimum atomic E-state index is -4.06. The van der Waals surface area contributed by atoms with Gasteiger partial charge in [-0.25, -0.2) is 0 Å². The van der Waals surface area contributed by atoms with E-state index in [4.69, 9.17) is 6.42 Å². The van der Waals surface area contributed by atoms with Crippen LogP contribution in [0.25, 0.3) is 0 Å². The lowest BCUT2D eigenvalue weighted by atomic mass is 9.85. The van der Waals surface area contributed by atoms with E-state index in [1.807, 2.05) is 6.92 Å². The Kier molecular flexibility index (Phi) is 4.67. The summed E-state index contributed by atoms with van der Waals surface area (Å²) in [5.41, 5.74) is 0. The molecule has 0 aromatic rings. The van der Waals surface area contributed by atoms with Gasteiger partial charge < -0.3 is 5.32 Å². The van der Waals surface area contributed by atoms with Crippen molar-refractivity contribution in [3.8, 4) is 12.3 Å². The summed E-state index contributed by atoms with van der Waals surface area (Å²) >= 11 is 0. The maximum Gasteiger partial charge on any atom is 0.391 e. The molecule has 4 heteroatoms. The Balaban J connectivity index is 2.48.